The standard InChI is InChI=1S/C16H17F2N3O2/c1-10(22-9-11-3-4-11)8-23-16-19-15(21(2)20-16)13-6-5-12(17)7-14(13)18/h5-7,11H,1,3-4,8-9H2,2H3. The van der Waals surface area contributed by atoms with Crippen LogP contribution in [0.5, 0.6) is 6.01 Å². The predicted octanol–water partition coefficient (Wildman–Crippen LogP) is 3.08. The lowest BCUT2D eigenvalue weighted by Crippen LogP contribution is -2.06. The van der Waals surface area contributed by atoms with E-state index in [0.717, 1.165) is 6.07 Å². The molecule has 0 amide bonds. The molecule has 0 radical (unpaired) electrons. The Labute approximate surface area is 132 Å². The summed E-state index contributed by atoms with van der Waals surface area (Å²) in [4.78, 5) is 4.12. The van der Waals surface area contributed by atoms with Crippen LogP contribution in [0.1, 0.15) is 12.8 Å². The SMILES string of the molecule is C=C(COc1nc(-c2ccc(F)cc2F)n(C)n1)OCC1CC1. The quantitative estimate of drug-likeness (QED) is 0.735. The first-order valence-electron chi connectivity index (χ1n) is 7.33. The molecule has 0 atom stereocenters. The third-order valence-electron chi connectivity index (χ3n) is 3.50. The lowest BCUT2D eigenvalue weighted by atomic mass is 10.2. The van der Waals surface area contributed by atoms with Crippen LogP contribution in [0.15, 0.2) is 30.5 Å². The van der Waals surface area contributed by atoms with E-state index >= 15 is 0 Å². The number of aromatic nitrogens is 3. The summed E-state index contributed by atoms with van der Waals surface area (Å²) in [6.07, 6.45) is 2.39. The van der Waals surface area contributed by atoms with Crippen LogP contribution in [0.4, 0.5) is 8.78 Å². The average molecular weight is 321 g/mol. The maximum absolute atomic E-state index is 13.8. The highest BCUT2D eigenvalue weighted by molar-refractivity contribution is 5.56. The van der Waals surface area contributed by atoms with Crippen molar-refractivity contribution < 1.29 is 18.3 Å². The van der Waals surface area contributed by atoms with Gasteiger partial charge in [0.2, 0.25) is 0 Å². The van der Waals surface area contributed by atoms with Crippen molar-refractivity contribution in [3.8, 4) is 17.4 Å². The molecule has 122 valence electrons. The molecule has 1 heterocycles. The van der Waals surface area contributed by atoms with E-state index in [1.165, 1.54) is 29.7 Å². The highest BCUT2D eigenvalue weighted by Crippen LogP contribution is 2.29. The van der Waals surface area contributed by atoms with Gasteiger partial charge in [0.25, 0.3) is 0 Å². The zero-order valence-electron chi connectivity index (χ0n) is 12.8. The minimum atomic E-state index is -0.704. The van der Waals surface area contributed by atoms with E-state index in [1.807, 2.05) is 0 Å². The highest BCUT2D eigenvalue weighted by atomic mass is 19.1. The molecule has 0 N–H and O–H groups in total. The molecule has 0 bridgehead atoms. The minimum absolute atomic E-state index is 0.0856. The second-order valence-corrected chi connectivity index (χ2v) is 5.55. The van der Waals surface area contributed by atoms with Crippen molar-refractivity contribution in [3.63, 3.8) is 0 Å². The van der Waals surface area contributed by atoms with Gasteiger partial charge in [0.15, 0.2) is 5.82 Å². The van der Waals surface area contributed by atoms with Gasteiger partial charge in [-0.2, -0.15) is 4.98 Å². The van der Waals surface area contributed by atoms with E-state index in [0.29, 0.717) is 18.3 Å². The molecule has 1 aromatic heterocycles. The van der Waals surface area contributed by atoms with Gasteiger partial charge in [0.1, 0.15) is 24.0 Å². The predicted molar refractivity (Wildman–Crippen MR) is 79.7 cm³/mol. The Balaban J connectivity index is 1.64. The molecule has 1 aliphatic rings. The average Bonchev–Trinajstić information content (AvgIpc) is 3.26. The van der Waals surface area contributed by atoms with Gasteiger partial charge < -0.3 is 9.47 Å². The summed E-state index contributed by atoms with van der Waals surface area (Å²) in [5.41, 5.74) is 0.153. The Morgan fingerprint density at radius 2 is 2.17 bits per heavy atom. The summed E-state index contributed by atoms with van der Waals surface area (Å²) in [5.74, 6) is 0.0342. The van der Waals surface area contributed by atoms with Gasteiger partial charge >= 0.3 is 6.01 Å². The van der Waals surface area contributed by atoms with Crippen LogP contribution in [0.2, 0.25) is 0 Å². The van der Waals surface area contributed by atoms with Crippen LogP contribution < -0.4 is 4.74 Å². The highest BCUT2D eigenvalue weighted by Gasteiger charge is 2.22. The third-order valence-corrected chi connectivity index (χ3v) is 3.50. The van der Waals surface area contributed by atoms with Gasteiger partial charge in [-0.05, 0) is 30.9 Å². The summed E-state index contributed by atoms with van der Waals surface area (Å²) < 4.78 is 39.0. The molecule has 1 fully saturated rings. The molecule has 1 aromatic carbocycles. The molecule has 0 aliphatic heterocycles. The van der Waals surface area contributed by atoms with Crippen molar-refractivity contribution in [3.05, 3.63) is 42.2 Å². The lowest BCUT2D eigenvalue weighted by Gasteiger charge is -2.07. The number of ether oxygens (including phenoxy) is 2. The van der Waals surface area contributed by atoms with Crippen molar-refractivity contribution >= 4 is 0 Å². The van der Waals surface area contributed by atoms with Gasteiger partial charge in [-0.3, -0.25) is 0 Å². The van der Waals surface area contributed by atoms with Crippen molar-refractivity contribution in [2.24, 2.45) is 13.0 Å². The van der Waals surface area contributed by atoms with E-state index in [2.05, 4.69) is 16.7 Å². The van der Waals surface area contributed by atoms with Crippen LogP contribution in [0.3, 0.4) is 0 Å². The minimum Gasteiger partial charge on any atom is -0.495 e. The van der Waals surface area contributed by atoms with Crippen molar-refractivity contribution in [2.75, 3.05) is 13.2 Å². The molecule has 1 saturated carbocycles. The Morgan fingerprint density at radius 3 is 2.87 bits per heavy atom. The van der Waals surface area contributed by atoms with E-state index in [-0.39, 0.29) is 24.0 Å². The van der Waals surface area contributed by atoms with Gasteiger partial charge in [-0.1, -0.05) is 6.58 Å². The van der Waals surface area contributed by atoms with Crippen LogP contribution in [-0.4, -0.2) is 28.0 Å². The first-order chi connectivity index (χ1) is 11.0. The molecule has 0 saturated heterocycles. The molecule has 5 nitrogen and oxygen atoms in total. The summed E-state index contributed by atoms with van der Waals surface area (Å²) in [7, 11) is 1.61. The molecule has 2 aromatic rings. The number of hydrogen-bond donors (Lipinski definition) is 0. The molecule has 7 heteroatoms. The molecule has 1 aliphatic carbocycles. The number of aryl methyl sites for hydroxylation is 1. The molecule has 3 rings (SSSR count). The van der Waals surface area contributed by atoms with Gasteiger partial charge in [-0.15, -0.1) is 5.10 Å². The van der Waals surface area contributed by atoms with Crippen molar-refractivity contribution in [2.45, 2.75) is 12.8 Å². The van der Waals surface area contributed by atoms with E-state index in [9.17, 15) is 8.78 Å². The number of hydrogen-bond acceptors (Lipinski definition) is 4. The Bertz CT molecular complexity index is 726. The number of nitrogens with zero attached hydrogens (tertiary/aromatic N) is 3. The monoisotopic (exact) mass is 321 g/mol. The fraction of sp³-hybridized carbons (Fsp3) is 0.375. The zero-order chi connectivity index (χ0) is 16.4. The Hall–Kier alpha value is -2.44. The normalized spacial score (nSPS) is 13.9. The summed E-state index contributed by atoms with van der Waals surface area (Å²) in [6, 6.07) is 3.37. The smallest absolute Gasteiger partial charge is 0.336 e. The van der Waals surface area contributed by atoms with Gasteiger partial charge in [-0.25, -0.2) is 13.5 Å². The topological polar surface area (TPSA) is 49.2 Å². The fourth-order valence-electron chi connectivity index (χ4n) is 2.03. The van der Waals surface area contributed by atoms with E-state index in [1.54, 1.807) is 7.05 Å². The van der Waals surface area contributed by atoms with Gasteiger partial charge in [0, 0.05) is 13.1 Å². The van der Waals surface area contributed by atoms with Crippen LogP contribution >= 0.6 is 0 Å². The van der Waals surface area contributed by atoms with Crippen molar-refractivity contribution in [1.29, 1.82) is 0 Å². The molecule has 23 heavy (non-hydrogen) atoms. The number of halogens is 2. The second kappa shape index (κ2) is 6.36. The molecular formula is C16H17F2N3O2. The van der Waals surface area contributed by atoms with E-state index < -0.39 is 11.6 Å². The van der Waals surface area contributed by atoms with Gasteiger partial charge in [0.05, 0.1) is 12.2 Å². The summed E-state index contributed by atoms with van der Waals surface area (Å²) in [6.45, 7) is 4.55. The fourth-order valence-corrected chi connectivity index (χ4v) is 2.03. The largest absolute Gasteiger partial charge is 0.495 e. The van der Waals surface area contributed by atoms with Crippen LogP contribution in [0.25, 0.3) is 11.4 Å². The molecular weight excluding hydrogens is 304 g/mol. The first-order valence-corrected chi connectivity index (χ1v) is 7.33. The van der Waals surface area contributed by atoms with Crippen LogP contribution in [0, 0.1) is 17.6 Å². The third kappa shape index (κ3) is 3.85. The molecule has 0 unspecified atom stereocenters. The first kappa shape index (κ1) is 15.5. The Morgan fingerprint density at radius 1 is 1.39 bits per heavy atom. The lowest BCUT2D eigenvalue weighted by molar-refractivity contribution is 0.157. The summed E-state index contributed by atoms with van der Waals surface area (Å²) >= 11 is 0. The summed E-state index contributed by atoms with van der Waals surface area (Å²) in [5, 5.41) is 4.06. The molecule has 0 spiro atoms. The zero-order valence-corrected chi connectivity index (χ0v) is 12.8. The van der Waals surface area contributed by atoms with Crippen LogP contribution in [-0.2, 0) is 11.8 Å². The number of benzene rings is 1. The maximum Gasteiger partial charge on any atom is 0.336 e. The second-order valence-electron chi connectivity index (χ2n) is 5.55. The Kier molecular flexibility index (Phi) is 4.27. The van der Waals surface area contributed by atoms with E-state index in [4.69, 9.17) is 9.47 Å². The number of rotatable bonds is 7. The maximum atomic E-state index is 13.8. The van der Waals surface area contributed by atoms with Crippen molar-refractivity contribution in [1.82, 2.24) is 14.8 Å².